The van der Waals surface area contributed by atoms with E-state index in [2.05, 4.69) is 0 Å². The van der Waals surface area contributed by atoms with E-state index in [1.165, 1.54) is 12.0 Å². The number of hydrogen-bond donors (Lipinski definition) is 1. The first-order valence-electron chi connectivity index (χ1n) is 11.5. The van der Waals surface area contributed by atoms with Crippen molar-refractivity contribution in [2.24, 2.45) is 0 Å². The first-order chi connectivity index (χ1) is 17.0. The van der Waals surface area contributed by atoms with E-state index in [-0.39, 0.29) is 24.0 Å². The first-order valence-corrected chi connectivity index (χ1v) is 11.5. The van der Waals surface area contributed by atoms with Gasteiger partial charge in [-0.25, -0.2) is 0 Å². The Morgan fingerprint density at radius 1 is 1.03 bits per heavy atom. The lowest BCUT2D eigenvalue weighted by atomic mass is 9.94. The van der Waals surface area contributed by atoms with Gasteiger partial charge in [0, 0.05) is 30.3 Å². The van der Waals surface area contributed by atoms with Crippen LogP contribution in [0.15, 0.2) is 42.0 Å². The molecule has 3 aliphatic rings. The number of nitrogens with zero attached hydrogens (tertiary/aromatic N) is 1. The number of rotatable bonds is 6. The molecule has 0 aromatic heterocycles. The van der Waals surface area contributed by atoms with Gasteiger partial charge in [0.2, 0.25) is 0 Å². The van der Waals surface area contributed by atoms with Crippen LogP contribution >= 0.6 is 0 Å². The standard InChI is InChI=1S/C26H27NO8/c1-31-16-6-7-18(20(13-16)32-2)23-22(25(29)26(30)27(23)14-17-4-3-9-33-17)24(28)15-5-8-19-21(12-15)35-11-10-34-19/h5-8,12-13,17,23,28H,3-4,9-11,14H2,1-2H3/t17-,23-/m1/s1. The molecule has 2 atom stereocenters. The van der Waals surface area contributed by atoms with E-state index in [0.29, 0.717) is 53.9 Å². The molecule has 0 bridgehead atoms. The molecule has 1 amide bonds. The van der Waals surface area contributed by atoms with Gasteiger partial charge in [-0.15, -0.1) is 0 Å². The zero-order valence-corrected chi connectivity index (χ0v) is 19.6. The zero-order valence-electron chi connectivity index (χ0n) is 19.6. The van der Waals surface area contributed by atoms with E-state index < -0.39 is 17.7 Å². The lowest BCUT2D eigenvalue weighted by molar-refractivity contribution is -0.140. The van der Waals surface area contributed by atoms with Crippen LogP contribution in [0.3, 0.4) is 0 Å². The van der Waals surface area contributed by atoms with Gasteiger partial charge in [-0.2, -0.15) is 0 Å². The Balaban J connectivity index is 1.64. The van der Waals surface area contributed by atoms with E-state index in [9.17, 15) is 14.7 Å². The summed E-state index contributed by atoms with van der Waals surface area (Å²) in [6.07, 6.45) is 1.49. The number of aliphatic hydroxyl groups is 1. The largest absolute Gasteiger partial charge is 0.507 e. The van der Waals surface area contributed by atoms with Crippen LogP contribution < -0.4 is 18.9 Å². The maximum absolute atomic E-state index is 13.3. The molecule has 3 heterocycles. The SMILES string of the molecule is COc1ccc([C@@H]2C(=C(O)c3ccc4c(c3)OCCO4)C(=O)C(=O)N2C[C@H]2CCCO2)c(OC)c1. The Hall–Kier alpha value is -3.72. The minimum absolute atomic E-state index is 0.0202. The van der Waals surface area contributed by atoms with Crippen molar-refractivity contribution in [3.63, 3.8) is 0 Å². The van der Waals surface area contributed by atoms with Crippen molar-refractivity contribution in [2.45, 2.75) is 25.0 Å². The average Bonchev–Trinajstić information content (AvgIpc) is 3.50. The first kappa shape index (κ1) is 23.0. The van der Waals surface area contributed by atoms with Gasteiger partial charge in [0.1, 0.15) is 30.5 Å². The Morgan fingerprint density at radius 3 is 2.54 bits per heavy atom. The third-order valence-corrected chi connectivity index (χ3v) is 6.52. The number of ketones is 1. The minimum atomic E-state index is -0.867. The molecular formula is C26H27NO8. The van der Waals surface area contributed by atoms with Gasteiger partial charge in [-0.3, -0.25) is 9.59 Å². The van der Waals surface area contributed by atoms with Gasteiger partial charge in [0.05, 0.1) is 31.9 Å². The Bertz CT molecular complexity index is 1180. The Labute approximate surface area is 202 Å². The van der Waals surface area contributed by atoms with Crippen LogP contribution in [0.4, 0.5) is 0 Å². The van der Waals surface area contributed by atoms with Crippen molar-refractivity contribution in [3.05, 3.63) is 53.1 Å². The summed E-state index contributed by atoms with van der Waals surface area (Å²) < 4.78 is 27.9. The van der Waals surface area contributed by atoms with E-state index in [1.807, 2.05) is 0 Å². The second-order valence-corrected chi connectivity index (χ2v) is 8.55. The molecule has 0 saturated carbocycles. The molecule has 1 N–H and O–H groups in total. The summed E-state index contributed by atoms with van der Waals surface area (Å²) in [6.45, 7) is 1.65. The molecule has 2 aromatic carbocycles. The molecule has 0 radical (unpaired) electrons. The van der Waals surface area contributed by atoms with Gasteiger partial charge >= 0.3 is 0 Å². The summed E-state index contributed by atoms with van der Waals surface area (Å²) in [5.74, 6) is 0.265. The lowest BCUT2D eigenvalue weighted by Crippen LogP contribution is -2.36. The monoisotopic (exact) mass is 481 g/mol. The smallest absolute Gasteiger partial charge is 0.295 e. The van der Waals surface area contributed by atoms with Gasteiger partial charge in [-0.05, 0) is 43.2 Å². The third-order valence-electron chi connectivity index (χ3n) is 6.52. The average molecular weight is 482 g/mol. The molecule has 2 saturated heterocycles. The van der Waals surface area contributed by atoms with Crippen LogP contribution in [0.2, 0.25) is 0 Å². The molecule has 2 fully saturated rings. The van der Waals surface area contributed by atoms with Crippen molar-refractivity contribution in [1.82, 2.24) is 4.90 Å². The predicted molar refractivity (Wildman–Crippen MR) is 125 cm³/mol. The van der Waals surface area contributed by atoms with Crippen molar-refractivity contribution < 1.29 is 38.4 Å². The number of amides is 1. The predicted octanol–water partition coefficient (Wildman–Crippen LogP) is 3.08. The summed E-state index contributed by atoms with van der Waals surface area (Å²) in [7, 11) is 3.05. The second kappa shape index (κ2) is 9.50. The third kappa shape index (κ3) is 4.16. The molecular weight excluding hydrogens is 454 g/mol. The normalized spacial score (nSPS) is 23.0. The fourth-order valence-electron chi connectivity index (χ4n) is 4.79. The summed E-state index contributed by atoms with van der Waals surface area (Å²) >= 11 is 0. The van der Waals surface area contributed by atoms with E-state index in [1.54, 1.807) is 43.5 Å². The molecule has 0 aliphatic carbocycles. The highest BCUT2D eigenvalue weighted by molar-refractivity contribution is 6.46. The van der Waals surface area contributed by atoms with Crippen molar-refractivity contribution in [2.75, 3.05) is 40.6 Å². The van der Waals surface area contributed by atoms with E-state index in [0.717, 1.165) is 12.8 Å². The van der Waals surface area contributed by atoms with Gasteiger partial charge < -0.3 is 33.7 Å². The number of benzene rings is 2. The summed E-state index contributed by atoms with van der Waals surface area (Å²) in [5.41, 5.74) is 0.888. The summed E-state index contributed by atoms with van der Waals surface area (Å²) in [4.78, 5) is 28.0. The highest BCUT2D eigenvalue weighted by Gasteiger charge is 2.48. The number of fused-ring (bicyclic) bond motifs is 1. The van der Waals surface area contributed by atoms with Crippen molar-refractivity contribution in [1.29, 1.82) is 0 Å². The number of aliphatic hydroxyl groups excluding tert-OH is 1. The summed E-state index contributed by atoms with van der Waals surface area (Å²) in [5, 5.41) is 11.4. The fourth-order valence-corrected chi connectivity index (χ4v) is 4.79. The molecule has 9 nitrogen and oxygen atoms in total. The molecule has 0 spiro atoms. The van der Waals surface area contributed by atoms with Crippen molar-refractivity contribution >= 4 is 17.4 Å². The fraction of sp³-hybridized carbons (Fsp3) is 0.385. The number of hydrogen-bond acceptors (Lipinski definition) is 8. The summed E-state index contributed by atoms with van der Waals surface area (Å²) in [6, 6.07) is 9.22. The highest BCUT2D eigenvalue weighted by atomic mass is 16.6. The van der Waals surface area contributed by atoms with Crippen LogP contribution in [-0.4, -0.2) is 68.4 Å². The van der Waals surface area contributed by atoms with E-state index >= 15 is 0 Å². The zero-order chi connectivity index (χ0) is 24.5. The van der Waals surface area contributed by atoms with Gasteiger partial charge in [-0.1, -0.05) is 0 Å². The van der Waals surface area contributed by atoms with Crippen LogP contribution in [-0.2, 0) is 14.3 Å². The lowest BCUT2D eigenvalue weighted by Gasteiger charge is -2.28. The Morgan fingerprint density at radius 2 is 1.83 bits per heavy atom. The van der Waals surface area contributed by atoms with Gasteiger partial charge in [0.25, 0.3) is 11.7 Å². The van der Waals surface area contributed by atoms with E-state index in [4.69, 9.17) is 23.7 Å². The number of carbonyl (C=O) groups is 2. The minimum Gasteiger partial charge on any atom is -0.507 e. The van der Waals surface area contributed by atoms with Crippen LogP contribution in [0.25, 0.3) is 5.76 Å². The molecule has 2 aromatic rings. The Kier molecular flexibility index (Phi) is 6.25. The molecule has 184 valence electrons. The molecule has 0 unspecified atom stereocenters. The highest BCUT2D eigenvalue weighted by Crippen LogP contribution is 2.45. The maximum Gasteiger partial charge on any atom is 0.295 e. The number of likely N-dealkylation sites (tertiary alicyclic amines) is 1. The maximum atomic E-state index is 13.3. The number of ether oxygens (including phenoxy) is 5. The van der Waals surface area contributed by atoms with Crippen LogP contribution in [0, 0.1) is 0 Å². The quantitative estimate of drug-likeness (QED) is 0.382. The van der Waals surface area contributed by atoms with Crippen molar-refractivity contribution in [3.8, 4) is 23.0 Å². The topological polar surface area (TPSA) is 104 Å². The van der Waals surface area contributed by atoms with Crippen LogP contribution in [0.1, 0.15) is 30.0 Å². The molecule has 3 aliphatic heterocycles. The number of methoxy groups -OCH3 is 2. The molecule has 5 rings (SSSR count). The van der Waals surface area contributed by atoms with Crippen LogP contribution in [0.5, 0.6) is 23.0 Å². The van der Waals surface area contributed by atoms with Gasteiger partial charge in [0.15, 0.2) is 11.5 Å². The molecule has 9 heteroatoms. The molecule has 35 heavy (non-hydrogen) atoms. The second-order valence-electron chi connectivity index (χ2n) is 8.55. The number of Topliss-reactive ketones (excluding diaryl/α,β-unsaturated/α-hetero) is 1. The number of carbonyl (C=O) groups excluding carboxylic acids is 2.